The van der Waals surface area contributed by atoms with Crippen LogP contribution in [0.4, 0.5) is 0 Å². The quantitative estimate of drug-likeness (QED) is 0.416. The average Bonchev–Trinajstić information content (AvgIpc) is 2.19. The Morgan fingerprint density at radius 1 is 1.21 bits per heavy atom. The Kier molecular flexibility index (Phi) is 4.58. The third kappa shape index (κ3) is 2.37. The van der Waals surface area contributed by atoms with Crippen LogP contribution < -0.4 is 0 Å². The van der Waals surface area contributed by atoms with Crippen LogP contribution in [0.5, 0.6) is 0 Å². The van der Waals surface area contributed by atoms with Gasteiger partial charge in [-0.25, -0.2) is 0 Å². The minimum atomic E-state index is -1.38. The minimum absolute atomic E-state index is 0.445. The highest BCUT2D eigenvalue weighted by Crippen LogP contribution is 2.23. The van der Waals surface area contributed by atoms with E-state index in [9.17, 15) is 15.3 Å². The van der Waals surface area contributed by atoms with E-state index in [0.29, 0.717) is 0 Å². The summed E-state index contributed by atoms with van der Waals surface area (Å²) in [4.78, 5) is 0. The normalized spacial score (nSPS) is 43.9. The van der Waals surface area contributed by atoms with Crippen molar-refractivity contribution in [3.63, 3.8) is 0 Å². The van der Waals surface area contributed by atoms with Crippen LogP contribution >= 0.6 is 12.0 Å². The molecule has 1 rings (SSSR count). The van der Waals surface area contributed by atoms with Crippen LogP contribution in [0.15, 0.2) is 0 Å². The molecular weight excluding hydrogens is 212 g/mol. The zero-order valence-corrected chi connectivity index (χ0v) is 8.42. The SMILES string of the molecule is CSO[C@H]1O[C@H](CO)[C@@H](O)[C@H](O)[C@@H]1O. The van der Waals surface area contributed by atoms with E-state index in [1.165, 1.54) is 0 Å². The summed E-state index contributed by atoms with van der Waals surface area (Å²) < 4.78 is 9.93. The first-order valence-corrected chi connectivity index (χ1v) is 5.26. The van der Waals surface area contributed by atoms with E-state index in [-0.39, 0.29) is 0 Å². The van der Waals surface area contributed by atoms with E-state index >= 15 is 0 Å². The Hall–Kier alpha value is 0.110. The highest BCUT2D eigenvalue weighted by molar-refractivity contribution is 7.93. The molecule has 0 aliphatic carbocycles. The fourth-order valence-electron chi connectivity index (χ4n) is 1.24. The molecule has 14 heavy (non-hydrogen) atoms. The van der Waals surface area contributed by atoms with Crippen molar-refractivity contribution in [1.29, 1.82) is 0 Å². The fraction of sp³-hybridized carbons (Fsp3) is 1.00. The second-order valence-electron chi connectivity index (χ2n) is 2.96. The number of aliphatic hydroxyl groups excluding tert-OH is 4. The van der Waals surface area contributed by atoms with E-state index in [1.807, 2.05) is 0 Å². The van der Waals surface area contributed by atoms with E-state index in [0.717, 1.165) is 12.0 Å². The molecule has 0 aromatic carbocycles. The van der Waals surface area contributed by atoms with Crippen molar-refractivity contribution in [1.82, 2.24) is 0 Å². The molecule has 7 heteroatoms. The van der Waals surface area contributed by atoms with Gasteiger partial charge in [-0.3, -0.25) is 4.18 Å². The van der Waals surface area contributed by atoms with Gasteiger partial charge in [-0.2, -0.15) is 0 Å². The van der Waals surface area contributed by atoms with Crippen molar-refractivity contribution in [3.05, 3.63) is 0 Å². The van der Waals surface area contributed by atoms with E-state index in [4.69, 9.17) is 14.0 Å². The van der Waals surface area contributed by atoms with E-state index < -0.39 is 37.3 Å². The van der Waals surface area contributed by atoms with Crippen molar-refractivity contribution < 1.29 is 29.3 Å². The highest BCUT2D eigenvalue weighted by atomic mass is 32.2. The lowest BCUT2D eigenvalue weighted by atomic mass is 10.00. The maximum atomic E-state index is 9.40. The van der Waals surface area contributed by atoms with Crippen LogP contribution in [0.2, 0.25) is 0 Å². The van der Waals surface area contributed by atoms with Crippen LogP contribution in [0.1, 0.15) is 0 Å². The molecule has 0 aromatic heterocycles. The molecule has 4 N–H and O–H groups in total. The van der Waals surface area contributed by atoms with Gasteiger partial charge >= 0.3 is 0 Å². The van der Waals surface area contributed by atoms with E-state index in [1.54, 1.807) is 6.26 Å². The summed E-state index contributed by atoms with van der Waals surface area (Å²) >= 11 is 0.968. The molecule has 0 amide bonds. The number of hydrogen-bond donors (Lipinski definition) is 4. The topological polar surface area (TPSA) is 99.4 Å². The van der Waals surface area contributed by atoms with Crippen LogP contribution in [0.25, 0.3) is 0 Å². The Bertz CT molecular complexity index is 176. The lowest BCUT2D eigenvalue weighted by Gasteiger charge is -2.38. The maximum Gasteiger partial charge on any atom is 0.199 e. The summed E-state index contributed by atoms with van der Waals surface area (Å²) in [5.74, 6) is 0. The minimum Gasteiger partial charge on any atom is -0.394 e. The Balaban J connectivity index is 2.63. The first-order chi connectivity index (χ1) is 6.61. The molecule has 5 atom stereocenters. The lowest BCUT2D eigenvalue weighted by molar-refractivity contribution is -0.274. The summed E-state index contributed by atoms with van der Waals surface area (Å²) in [6, 6.07) is 0. The molecule has 84 valence electrons. The van der Waals surface area contributed by atoms with Gasteiger partial charge in [0.15, 0.2) is 6.29 Å². The predicted octanol–water partition coefficient (Wildman–Crippen LogP) is -1.92. The number of aliphatic hydroxyl groups is 4. The molecule has 0 bridgehead atoms. The number of rotatable bonds is 3. The molecule has 0 spiro atoms. The third-order valence-electron chi connectivity index (χ3n) is 2.04. The van der Waals surface area contributed by atoms with Crippen molar-refractivity contribution in [2.75, 3.05) is 12.9 Å². The van der Waals surface area contributed by atoms with Gasteiger partial charge in [0.25, 0.3) is 0 Å². The maximum absolute atomic E-state index is 9.40. The first kappa shape index (κ1) is 12.2. The van der Waals surface area contributed by atoms with E-state index in [2.05, 4.69) is 0 Å². The van der Waals surface area contributed by atoms with Crippen molar-refractivity contribution in [2.24, 2.45) is 0 Å². The Morgan fingerprint density at radius 3 is 2.36 bits per heavy atom. The summed E-state index contributed by atoms with van der Waals surface area (Å²) in [6.07, 6.45) is -4.36. The van der Waals surface area contributed by atoms with Gasteiger partial charge in [-0.05, 0) is 12.0 Å². The van der Waals surface area contributed by atoms with Gasteiger partial charge < -0.3 is 25.2 Å². The van der Waals surface area contributed by atoms with Crippen molar-refractivity contribution >= 4 is 12.0 Å². The molecule has 1 saturated heterocycles. The molecule has 0 radical (unpaired) electrons. The van der Waals surface area contributed by atoms with Crippen LogP contribution in [0.3, 0.4) is 0 Å². The smallest absolute Gasteiger partial charge is 0.199 e. The molecule has 0 unspecified atom stereocenters. The number of ether oxygens (including phenoxy) is 1. The number of hydrogen-bond acceptors (Lipinski definition) is 7. The van der Waals surface area contributed by atoms with Gasteiger partial charge in [0.05, 0.1) is 6.61 Å². The lowest BCUT2D eigenvalue weighted by Crippen LogP contribution is -2.58. The standard InChI is InChI=1S/C7H14O6S/c1-14-13-7-6(11)5(10)4(9)3(2-8)12-7/h3-11H,2H2,1H3/t3-,4-,5+,6+,7-/m1/s1. The zero-order valence-electron chi connectivity index (χ0n) is 7.61. The summed E-state index contributed by atoms with van der Waals surface area (Å²) in [5, 5.41) is 36.9. The van der Waals surface area contributed by atoms with Crippen LogP contribution in [-0.2, 0) is 8.92 Å². The molecule has 1 aliphatic rings. The van der Waals surface area contributed by atoms with Crippen LogP contribution in [0, 0.1) is 0 Å². The van der Waals surface area contributed by atoms with Gasteiger partial charge in [-0.1, -0.05) is 0 Å². The van der Waals surface area contributed by atoms with Crippen molar-refractivity contribution in [3.8, 4) is 0 Å². The van der Waals surface area contributed by atoms with Gasteiger partial charge in [0, 0.05) is 6.26 Å². The summed E-state index contributed by atoms with van der Waals surface area (Å²) in [6.45, 7) is -0.445. The molecule has 1 heterocycles. The average molecular weight is 226 g/mol. The monoisotopic (exact) mass is 226 g/mol. The van der Waals surface area contributed by atoms with Gasteiger partial charge in [0.1, 0.15) is 24.4 Å². The first-order valence-electron chi connectivity index (χ1n) is 4.11. The molecular formula is C7H14O6S. The van der Waals surface area contributed by atoms with Crippen molar-refractivity contribution in [2.45, 2.75) is 30.7 Å². The molecule has 6 nitrogen and oxygen atoms in total. The third-order valence-corrected chi connectivity index (χ3v) is 2.42. The Morgan fingerprint density at radius 2 is 1.86 bits per heavy atom. The summed E-state index contributed by atoms with van der Waals surface area (Å²) in [5.41, 5.74) is 0. The van der Waals surface area contributed by atoms with Gasteiger partial charge in [0.2, 0.25) is 0 Å². The second kappa shape index (κ2) is 5.26. The second-order valence-corrected chi connectivity index (χ2v) is 3.49. The predicted molar refractivity (Wildman–Crippen MR) is 48.4 cm³/mol. The zero-order chi connectivity index (χ0) is 10.7. The molecule has 1 aliphatic heterocycles. The fourth-order valence-corrected chi connectivity index (χ4v) is 1.59. The van der Waals surface area contributed by atoms with Gasteiger partial charge in [-0.15, -0.1) is 0 Å². The molecule has 0 saturated carbocycles. The summed E-state index contributed by atoms with van der Waals surface area (Å²) in [7, 11) is 0. The van der Waals surface area contributed by atoms with Crippen LogP contribution in [-0.4, -0.2) is 64.0 Å². The molecule has 0 aromatic rings. The molecule has 1 fully saturated rings. The highest BCUT2D eigenvalue weighted by Gasteiger charge is 2.44. The Labute approximate surface area is 85.7 Å². The largest absolute Gasteiger partial charge is 0.394 e.